The first-order chi connectivity index (χ1) is 7.13. The maximum atomic E-state index is 9.32. The molecule has 0 aliphatic carbocycles. The van der Waals surface area contributed by atoms with Crippen molar-refractivity contribution in [2.24, 2.45) is 5.73 Å². The zero-order valence-electron chi connectivity index (χ0n) is 9.31. The van der Waals surface area contributed by atoms with Crippen LogP contribution in [0.15, 0.2) is 24.3 Å². The molecule has 15 heavy (non-hydrogen) atoms. The molecule has 3 heteroatoms. The van der Waals surface area contributed by atoms with Gasteiger partial charge in [0.05, 0.1) is 6.10 Å². The van der Waals surface area contributed by atoms with Crippen molar-refractivity contribution in [2.75, 3.05) is 6.61 Å². The second-order valence-electron chi connectivity index (χ2n) is 3.73. The van der Waals surface area contributed by atoms with E-state index in [2.05, 4.69) is 0 Å². The summed E-state index contributed by atoms with van der Waals surface area (Å²) in [6.07, 6.45) is 0.316. The van der Waals surface area contributed by atoms with Crippen LogP contribution in [0.4, 0.5) is 0 Å². The van der Waals surface area contributed by atoms with Crippen LogP contribution in [0.1, 0.15) is 31.9 Å². The number of hydrogen-bond donors (Lipinski definition) is 2. The first-order valence-electron chi connectivity index (χ1n) is 5.30. The highest BCUT2D eigenvalue weighted by atomic mass is 16.5. The van der Waals surface area contributed by atoms with E-state index in [1.54, 1.807) is 0 Å². The Balaban J connectivity index is 2.50. The zero-order valence-corrected chi connectivity index (χ0v) is 9.31. The molecule has 0 fully saturated rings. The molecule has 0 radical (unpaired) electrons. The van der Waals surface area contributed by atoms with Crippen LogP contribution < -0.4 is 10.5 Å². The van der Waals surface area contributed by atoms with Gasteiger partial charge >= 0.3 is 0 Å². The minimum atomic E-state index is -0.391. The first-order valence-corrected chi connectivity index (χ1v) is 5.30. The molecular weight excluding hydrogens is 190 g/mol. The summed E-state index contributed by atoms with van der Waals surface area (Å²) in [5, 5.41) is 9.32. The van der Waals surface area contributed by atoms with Gasteiger partial charge in [0.25, 0.3) is 0 Å². The molecule has 0 bridgehead atoms. The molecule has 84 valence electrons. The molecule has 1 rings (SSSR count). The van der Waals surface area contributed by atoms with Gasteiger partial charge in [0.15, 0.2) is 0 Å². The topological polar surface area (TPSA) is 55.5 Å². The summed E-state index contributed by atoms with van der Waals surface area (Å²) in [5.41, 5.74) is 6.81. The van der Waals surface area contributed by atoms with E-state index in [0.717, 1.165) is 11.3 Å². The van der Waals surface area contributed by atoms with Crippen molar-refractivity contribution in [1.82, 2.24) is 0 Å². The van der Waals surface area contributed by atoms with Crippen LogP contribution in [0.25, 0.3) is 0 Å². The fraction of sp³-hybridized carbons (Fsp3) is 0.500. The van der Waals surface area contributed by atoms with E-state index in [-0.39, 0.29) is 6.04 Å². The van der Waals surface area contributed by atoms with Gasteiger partial charge in [0.2, 0.25) is 0 Å². The molecule has 0 saturated carbocycles. The van der Waals surface area contributed by atoms with Crippen LogP contribution in [-0.2, 0) is 0 Å². The van der Waals surface area contributed by atoms with Gasteiger partial charge in [-0.15, -0.1) is 0 Å². The quantitative estimate of drug-likeness (QED) is 0.778. The van der Waals surface area contributed by atoms with E-state index in [1.165, 1.54) is 0 Å². The van der Waals surface area contributed by atoms with Gasteiger partial charge in [0.1, 0.15) is 12.4 Å². The maximum absolute atomic E-state index is 9.32. The summed E-state index contributed by atoms with van der Waals surface area (Å²) in [4.78, 5) is 0. The number of benzene rings is 1. The van der Waals surface area contributed by atoms with Crippen LogP contribution in [0.5, 0.6) is 5.75 Å². The van der Waals surface area contributed by atoms with Gasteiger partial charge < -0.3 is 15.6 Å². The third kappa shape index (κ3) is 3.90. The molecule has 0 spiro atoms. The third-order valence-corrected chi connectivity index (χ3v) is 2.32. The monoisotopic (exact) mass is 209 g/mol. The summed E-state index contributed by atoms with van der Waals surface area (Å²) in [6.45, 7) is 4.21. The highest BCUT2D eigenvalue weighted by Gasteiger charge is 2.03. The lowest BCUT2D eigenvalue weighted by Crippen LogP contribution is -2.16. The normalized spacial score (nSPS) is 14.7. The summed E-state index contributed by atoms with van der Waals surface area (Å²) in [7, 11) is 0. The van der Waals surface area contributed by atoms with Crippen LogP contribution in [0.2, 0.25) is 0 Å². The molecule has 1 aromatic carbocycles. The van der Waals surface area contributed by atoms with Crippen molar-refractivity contribution >= 4 is 0 Å². The zero-order chi connectivity index (χ0) is 11.3. The summed E-state index contributed by atoms with van der Waals surface area (Å²) < 4.78 is 5.40. The average molecular weight is 209 g/mol. The van der Waals surface area contributed by atoms with Crippen LogP contribution in [0, 0.1) is 0 Å². The molecule has 0 heterocycles. The van der Waals surface area contributed by atoms with Gasteiger partial charge in [-0.2, -0.15) is 0 Å². The molecule has 0 aromatic heterocycles. The number of aliphatic hydroxyl groups excluding tert-OH is 1. The molecule has 2 atom stereocenters. The summed E-state index contributed by atoms with van der Waals surface area (Å²) in [6, 6.07) is 7.68. The Hall–Kier alpha value is -1.06. The lowest BCUT2D eigenvalue weighted by molar-refractivity contribution is 0.104. The standard InChI is InChI=1S/C12H19NO2/c1-3-11(14)8-15-12-6-4-10(5-7-12)9(2)13/h4-7,9,11,14H,3,8,13H2,1-2H3/t9-,11?/m1/s1. The van der Waals surface area contributed by atoms with Crippen LogP contribution >= 0.6 is 0 Å². The van der Waals surface area contributed by atoms with E-state index in [9.17, 15) is 5.11 Å². The lowest BCUT2D eigenvalue weighted by Gasteiger charge is -2.11. The Morgan fingerprint density at radius 3 is 2.40 bits per heavy atom. The lowest BCUT2D eigenvalue weighted by atomic mass is 10.1. The molecule has 3 N–H and O–H groups in total. The van der Waals surface area contributed by atoms with E-state index in [0.29, 0.717) is 13.0 Å². The van der Waals surface area contributed by atoms with Gasteiger partial charge in [0, 0.05) is 6.04 Å². The van der Waals surface area contributed by atoms with Gasteiger partial charge in [-0.25, -0.2) is 0 Å². The number of nitrogens with two attached hydrogens (primary N) is 1. The Morgan fingerprint density at radius 2 is 1.93 bits per heavy atom. The number of hydrogen-bond acceptors (Lipinski definition) is 3. The van der Waals surface area contributed by atoms with Gasteiger partial charge in [-0.1, -0.05) is 19.1 Å². The largest absolute Gasteiger partial charge is 0.491 e. The molecule has 1 unspecified atom stereocenters. The van der Waals surface area contributed by atoms with Crippen molar-refractivity contribution in [3.05, 3.63) is 29.8 Å². The van der Waals surface area contributed by atoms with E-state index < -0.39 is 6.10 Å². The van der Waals surface area contributed by atoms with E-state index in [1.807, 2.05) is 38.1 Å². The number of rotatable bonds is 5. The molecule has 0 saturated heterocycles. The van der Waals surface area contributed by atoms with Gasteiger partial charge in [-0.05, 0) is 31.0 Å². The van der Waals surface area contributed by atoms with Crippen molar-refractivity contribution in [2.45, 2.75) is 32.4 Å². The molecule has 1 aromatic rings. The second-order valence-corrected chi connectivity index (χ2v) is 3.73. The minimum Gasteiger partial charge on any atom is -0.491 e. The van der Waals surface area contributed by atoms with Crippen molar-refractivity contribution in [3.63, 3.8) is 0 Å². The third-order valence-electron chi connectivity index (χ3n) is 2.32. The average Bonchev–Trinajstić information content (AvgIpc) is 2.26. The van der Waals surface area contributed by atoms with E-state index in [4.69, 9.17) is 10.5 Å². The predicted molar refractivity (Wildman–Crippen MR) is 60.8 cm³/mol. The van der Waals surface area contributed by atoms with E-state index >= 15 is 0 Å². The Kier molecular flexibility index (Phi) is 4.59. The summed E-state index contributed by atoms with van der Waals surface area (Å²) in [5.74, 6) is 0.770. The van der Waals surface area contributed by atoms with Crippen molar-refractivity contribution in [1.29, 1.82) is 0 Å². The SMILES string of the molecule is CCC(O)COc1ccc([C@@H](C)N)cc1. The highest BCUT2D eigenvalue weighted by molar-refractivity contribution is 5.28. The highest BCUT2D eigenvalue weighted by Crippen LogP contribution is 2.16. The van der Waals surface area contributed by atoms with Gasteiger partial charge in [-0.3, -0.25) is 0 Å². The second kappa shape index (κ2) is 5.73. The smallest absolute Gasteiger partial charge is 0.119 e. The predicted octanol–water partition coefficient (Wildman–Crippen LogP) is 1.86. The minimum absolute atomic E-state index is 0.0419. The molecule has 0 aliphatic heterocycles. The Labute approximate surface area is 90.9 Å². The fourth-order valence-corrected chi connectivity index (χ4v) is 1.18. The summed E-state index contributed by atoms with van der Waals surface area (Å²) >= 11 is 0. The number of aliphatic hydroxyl groups is 1. The molecule has 0 amide bonds. The fourth-order valence-electron chi connectivity index (χ4n) is 1.18. The van der Waals surface area contributed by atoms with Crippen LogP contribution in [-0.4, -0.2) is 17.8 Å². The molecule has 0 aliphatic rings. The van der Waals surface area contributed by atoms with Crippen molar-refractivity contribution in [3.8, 4) is 5.75 Å². The molecule has 3 nitrogen and oxygen atoms in total. The van der Waals surface area contributed by atoms with Crippen molar-refractivity contribution < 1.29 is 9.84 Å². The van der Waals surface area contributed by atoms with Crippen LogP contribution in [0.3, 0.4) is 0 Å². The Bertz CT molecular complexity index is 282. The first kappa shape index (κ1) is 12.0. The Morgan fingerprint density at radius 1 is 1.33 bits per heavy atom. The number of ether oxygens (including phenoxy) is 1. The maximum Gasteiger partial charge on any atom is 0.119 e. The molecular formula is C12H19NO2.